The highest BCUT2D eigenvalue weighted by molar-refractivity contribution is 7.15. The normalized spacial score (nSPS) is 12.1. The van der Waals surface area contributed by atoms with E-state index in [4.69, 9.17) is 4.74 Å². The van der Waals surface area contributed by atoms with Gasteiger partial charge in [0.25, 0.3) is 11.1 Å². The van der Waals surface area contributed by atoms with Gasteiger partial charge in [0.2, 0.25) is 4.96 Å². The zero-order valence-corrected chi connectivity index (χ0v) is 16.7. The maximum atomic E-state index is 13.1. The van der Waals surface area contributed by atoms with Crippen LogP contribution in [0.4, 0.5) is 4.39 Å². The van der Waals surface area contributed by atoms with Crippen LogP contribution in [0, 0.1) is 5.82 Å². The first-order valence-electron chi connectivity index (χ1n) is 9.04. The summed E-state index contributed by atoms with van der Waals surface area (Å²) >= 11 is 1.09. The number of benzene rings is 2. The molecule has 0 unspecified atom stereocenters. The predicted molar refractivity (Wildman–Crippen MR) is 114 cm³/mol. The highest BCUT2D eigenvalue weighted by atomic mass is 32.1. The van der Waals surface area contributed by atoms with Crippen LogP contribution >= 0.6 is 11.3 Å². The number of nitrogens with zero attached hydrogens (tertiary/aromatic N) is 3. The Balaban J connectivity index is 1.69. The number of ether oxygens (including phenoxy) is 1. The van der Waals surface area contributed by atoms with Gasteiger partial charge in [0.05, 0.1) is 11.6 Å². The SMILES string of the molecule is COc1ccccc1/C=C/C=c1/sc2nc(=O)c(Cc3ccc(F)cc3)nn2c1=O. The van der Waals surface area contributed by atoms with Crippen LogP contribution < -0.4 is 20.4 Å². The summed E-state index contributed by atoms with van der Waals surface area (Å²) in [4.78, 5) is 29.2. The van der Waals surface area contributed by atoms with E-state index in [0.717, 1.165) is 27.2 Å². The number of fused-ring (bicyclic) bond motifs is 1. The summed E-state index contributed by atoms with van der Waals surface area (Å²) in [6, 6.07) is 13.3. The molecule has 0 bridgehead atoms. The summed E-state index contributed by atoms with van der Waals surface area (Å²) in [6.07, 6.45) is 5.38. The number of hydrogen-bond donors (Lipinski definition) is 0. The molecule has 0 amide bonds. The Morgan fingerprint density at radius 2 is 1.90 bits per heavy atom. The molecule has 0 atom stereocenters. The van der Waals surface area contributed by atoms with Crippen molar-refractivity contribution in [3.63, 3.8) is 0 Å². The molecule has 0 saturated carbocycles. The van der Waals surface area contributed by atoms with Gasteiger partial charge in [-0.1, -0.05) is 53.8 Å². The largest absolute Gasteiger partial charge is 0.496 e. The van der Waals surface area contributed by atoms with Gasteiger partial charge >= 0.3 is 0 Å². The van der Waals surface area contributed by atoms with Crippen molar-refractivity contribution < 1.29 is 9.13 Å². The Labute approximate surface area is 174 Å². The summed E-state index contributed by atoms with van der Waals surface area (Å²) < 4.78 is 19.9. The van der Waals surface area contributed by atoms with Crippen LogP contribution in [-0.2, 0) is 6.42 Å². The lowest BCUT2D eigenvalue weighted by Gasteiger charge is -2.02. The average molecular weight is 421 g/mol. The first-order chi connectivity index (χ1) is 14.5. The maximum absolute atomic E-state index is 13.1. The number of rotatable bonds is 5. The Morgan fingerprint density at radius 1 is 1.13 bits per heavy atom. The molecule has 8 heteroatoms. The molecule has 0 aliphatic carbocycles. The number of thiazole rings is 1. The third-order valence-corrected chi connectivity index (χ3v) is 5.37. The molecule has 0 saturated heterocycles. The van der Waals surface area contributed by atoms with Gasteiger partial charge in [0.1, 0.15) is 17.3 Å². The number of methoxy groups -OCH3 is 1. The number of aromatic nitrogens is 3. The Morgan fingerprint density at radius 3 is 2.67 bits per heavy atom. The first-order valence-corrected chi connectivity index (χ1v) is 9.85. The Kier molecular flexibility index (Phi) is 5.49. The van der Waals surface area contributed by atoms with Gasteiger partial charge in [0.15, 0.2) is 0 Å². The minimum atomic E-state index is -0.503. The summed E-state index contributed by atoms with van der Waals surface area (Å²) in [5.41, 5.74) is 0.850. The minimum Gasteiger partial charge on any atom is -0.496 e. The lowest BCUT2D eigenvalue weighted by Crippen LogP contribution is -2.27. The van der Waals surface area contributed by atoms with Crippen molar-refractivity contribution in [1.29, 1.82) is 0 Å². The van der Waals surface area contributed by atoms with Gasteiger partial charge in [-0.3, -0.25) is 9.59 Å². The lowest BCUT2D eigenvalue weighted by atomic mass is 10.1. The lowest BCUT2D eigenvalue weighted by molar-refractivity contribution is 0.414. The van der Waals surface area contributed by atoms with Gasteiger partial charge < -0.3 is 4.74 Å². The number of halogens is 1. The van der Waals surface area contributed by atoms with Gasteiger partial charge in [-0.15, -0.1) is 0 Å². The molecule has 2 heterocycles. The molecule has 4 aromatic rings. The number of para-hydroxylation sites is 1. The van der Waals surface area contributed by atoms with E-state index in [0.29, 0.717) is 10.1 Å². The van der Waals surface area contributed by atoms with Crippen LogP contribution in [0.2, 0.25) is 0 Å². The van der Waals surface area contributed by atoms with Crippen molar-refractivity contribution in [3.8, 4) is 5.75 Å². The predicted octanol–water partition coefficient (Wildman–Crippen LogP) is 2.46. The third kappa shape index (κ3) is 4.04. The van der Waals surface area contributed by atoms with Crippen molar-refractivity contribution in [2.24, 2.45) is 0 Å². The van der Waals surface area contributed by atoms with E-state index in [9.17, 15) is 14.0 Å². The molecular weight excluding hydrogens is 405 g/mol. The van der Waals surface area contributed by atoms with Crippen LogP contribution in [0.3, 0.4) is 0 Å². The van der Waals surface area contributed by atoms with E-state index in [1.165, 1.54) is 12.1 Å². The molecule has 0 radical (unpaired) electrons. The van der Waals surface area contributed by atoms with Crippen molar-refractivity contribution in [2.45, 2.75) is 6.42 Å². The standard InChI is InChI=1S/C22H16FN3O3S/c1-29-18-7-3-2-5-15(18)6-4-8-19-21(28)26-22(30-19)24-20(27)17(25-26)13-14-9-11-16(23)12-10-14/h2-12H,13H2,1H3/b6-4+,19-8+. The van der Waals surface area contributed by atoms with Crippen molar-refractivity contribution >= 4 is 28.4 Å². The average Bonchev–Trinajstić information content (AvgIpc) is 3.05. The molecule has 0 spiro atoms. The van der Waals surface area contributed by atoms with E-state index in [2.05, 4.69) is 10.1 Å². The topological polar surface area (TPSA) is 73.6 Å². The van der Waals surface area contributed by atoms with Gasteiger partial charge in [-0.2, -0.15) is 14.6 Å². The maximum Gasteiger partial charge on any atom is 0.296 e. The van der Waals surface area contributed by atoms with E-state index < -0.39 is 5.56 Å². The van der Waals surface area contributed by atoms with Gasteiger partial charge in [-0.25, -0.2) is 4.39 Å². The summed E-state index contributed by atoms with van der Waals surface area (Å²) in [5.74, 6) is 0.359. The van der Waals surface area contributed by atoms with Gasteiger partial charge in [0, 0.05) is 12.0 Å². The molecule has 2 aromatic heterocycles. The van der Waals surface area contributed by atoms with Crippen LogP contribution in [0.5, 0.6) is 5.75 Å². The molecule has 150 valence electrons. The second-order valence-electron chi connectivity index (χ2n) is 6.40. The zero-order chi connectivity index (χ0) is 21.1. The van der Waals surface area contributed by atoms with Crippen LogP contribution in [0.1, 0.15) is 16.8 Å². The molecule has 0 N–H and O–H groups in total. The first kappa shape index (κ1) is 19.7. The summed E-state index contributed by atoms with van der Waals surface area (Å²) in [5, 5.41) is 4.19. The van der Waals surface area contributed by atoms with E-state index in [-0.39, 0.29) is 28.5 Å². The molecule has 2 aromatic carbocycles. The quantitative estimate of drug-likeness (QED) is 0.495. The Bertz CT molecular complexity index is 1410. The van der Waals surface area contributed by atoms with Crippen molar-refractivity contribution in [3.05, 3.63) is 102 Å². The summed E-state index contributed by atoms with van der Waals surface area (Å²) in [6.45, 7) is 0. The monoisotopic (exact) mass is 421 g/mol. The zero-order valence-electron chi connectivity index (χ0n) is 15.9. The van der Waals surface area contributed by atoms with Crippen molar-refractivity contribution in [2.75, 3.05) is 7.11 Å². The molecule has 0 aliphatic rings. The minimum absolute atomic E-state index is 0.130. The summed E-state index contributed by atoms with van der Waals surface area (Å²) in [7, 11) is 1.59. The fourth-order valence-corrected chi connectivity index (χ4v) is 3.76. The second-order valence-corrected chi connectivity index (χ2v) is 7.41. The smallest absolute Gasteiger partial charge is 0.296 e. The number of hydrogen-bond acceptors (Lipinski definition) is 6. The molecular formula is C22H16FN3O3S. The fourth-order valence-electron chi connectivity index (χ4n) is 2.90. The van der Waals surface area contributed by atoms with Crippen LogP contribution in [0.25, 0.3) is 17.1 Å². The van der Waals surface area contributed by atoms with E-state index in [1.54, 1.807) is 31.4 Å². The highest BCUT2D eigenvalue weighted by Crippen LogP contribution is 2.18. The van der Waals surface area contributed by atoms with E-state index in [1.807, 2.05) is 30.3 Å². The number of allylic oxidation sites excluding steroid dienone is 1. The van der Waals surface area contributed by atoms with Gasteiger partial charge in [-0.05, 0) is 29.8 Å². The molecule has 4 rings (SSSR count). The molecule has 0 fully saturated rings. The van der Waals surface area contributed by atoms with Crippen molar-refractivity contribution in [1.82, 2.24) is 14.6 Å². The molecule has 0 aliphatic heterocycles. The molecule has 6 nitrogen and oxygen atoms in total. The highest BCUT2D eigenvalue weighted by Gasteiger charge is 2.11. The second kappa shape index (κ2) is 8.38. The molecule has 30 heavy (non-hydrogen) atoms. The van der Waals surface area contributed by atoms with Crippen LogP contribution in [-0.4, -0.2) is 21.7 Å². The fraction of sp³-hybridized carbons (Fsp3) is 0.0909. The Hall–Kier alpha value is -3.65. The van der Waals surface area contributed by atoms with Crippen LogP contribution in [0.15, 0.2) is 64.2 Å². The third-order valence-electron chi connectivity index (χ3n) is 4.40. The van der Waals surface area contributed by atoms with E-state index >= 15 is 0 Å².